The first kappa shape index (κ1) is 15.2. The minimum absolute atomic E-state index is 0.245. The molecule has 23 heavy (non-hydrogen) atoms. The lowest BCUT2D eigenvalue weighted by atomic mass is 10.1. The Labute approximate surface area is 137 Å². The molecule has 0 unspecified atom stereocenters. The summed E-state index contributed by atoms with van der Waals surface area (Å²) in [6, 6.07) is 4.81. The number of aryl methyl sites for hydroxylation is 1. The maximum Gasteiger partial charge on any atom is 0.237 e. The molecule has 3 fully saturated rings. The number of nitrogens with zero attached hydrogens (tertiary/aromatic N) is 2. The average molecular weight is 318 g/mol. The van der Waals surface area contributed by atoms with Crippen LogP contribution in [0.2, 0.25) is 0 Å². The van der Waals surface area contributed by atoms with E-state index in [1.165, 1.54) is 12.8 Å². The number of ether oxygens (including phenoxy) is 1. The van der Waals surface area contributed by atoms with Gasteiger partial charge in [-0.05, 0) is 51.2 Å². The van der Waals surface area contributed by atoms with Crippen molar-refractivity contribution in [3.05, 3.63) is 23.7 Å². The van der Waals surface area contributed by atoms with E-state index in [2.05, 4.69) is 4.90 Å². The van der Waals surface area contributed by atoms with E-state index in [4.69, 9.17) is 9.15 Å². The molecule has 1 aromatic rings. The highest BCUT2D eigenvalue weighted by Crippen LogP contribution is 2.31. The van der Waals surface area contributed by atoms with Gasteiger partial charge in [0.15, 0.2) is 0 Å². The first-order chi connectivity index (χ1) is 11.2. The van der Waals surface area contributed by atoms with Crippen LogP contribution < -0.4 is 0 Å². The second-order valence-electron chi connectivity index (χ2n) is 7.14. The maximum absolute atomic E-state index is 12.9. The topological polar surface area (TPSA) is 45.9 Å². The zero-order valence-electron chi connectivity index (χ0n) is 13.9. The molecule has 0 bridgehead atoms. The molecule has 126 valence electrons. The van der Waals surface area contributed by atoms with E-state index in [1.54, 1.807) is 0 Å². The van der Waals surface area contributed by atoms with Gasteiger partial charge in [0, 0.05) is 18.6 Å². The zero-order valence-corrected chi connectivity index (χ0v) is 13.9. The second kappa shape index (κ2) is 6.29. The predicted octanol–water partition coefficient (Wildman–Crippen LogP) is 2.33. The molecular weight excluding hydrogens is 292 g/mol. The van der Waals surface area contributed by atoms with Crippen molar-refractivity contribution in [1.29, 1.82) is 0 Å². The van der Waals surface area contributed by atoms with Gasteiger partial charge in [-0.3, -0.25) is 9.69 Å². The fourth-order valence-electron chi connectivity index (χ4n) is 4.01. The SMILES string of the molecule is Cc1ccc(CN(C(=O)CN2CCO[C@H]3CCC[C@@H]32)C2CC2)o1. The number of carbonyl (C=O) groups is 1. The summed E-state index contributed by atoms with van der Waals surface area (Å²) >= 11 is 0. The van der Waals surface area contributed by atoms with Crippen molar-refractivity contribution in [2.45, 2.75) is 63.8 Å². The summed E-state index contributed by atoms with van der Waals surface area (Å²) in [6.07, 6.45) is 6.13. The standard InChI is InChI=1S/C18H26N2O3/c1-13-5-8-15(23-13)11-20(14-6-7-14)18(21)12-19-9-10-22-17-4-2-3-16(17)19/h5,8,14,16-17H,2-4,6-7,9-12H2,1H3/t16-,17-/m0/s1. The minimum atomic E-state index is 0.245. The van der Waals surface area contributed by atoms with Crippen LogP contribution >= 0.6 is 0 Å². The number of hydrogen-bond donors (Lipinski definition) is 0. The molecule has 4 rings (SSSR count). The van der Waals surface area contributed by atoms with Crippen molar-refractivity contribution < 1.29 is 13.9 Å². The van der Waals surface area contributed by atoms with Crippen LogP contribution in [-0.4, -0.2) is 53.6 Å². The van der Waals surface area contributed by atoms with Crippen LogP contribution in [0.25, 0.3) is 0 Å². The van der Waals surface area contributed by atoms with Crippen LogP contribution in [0.4, 0.5) is 0 Å². The summed E-state index contributed by atoms with van der Waals surface area (Å²) in [5.41, 5.74) is 0. The van der Waals surface area contributed by atoms with Gasteiger partial charge >= 0.3 is 0 Å². The van der Waals surface area contributed by atoms with Crippen LogP contribution in [0.1, 0.15) is 43.6 Å². The lowest BCUT2D eigenvalue weighted by Crippen LogP contribution is -2.52. The average Bonchev–Trinajstić information content (AvgIpc) is 3.10. The highest BCUT2D eigenvalue weighted by atomic mass is 16.5. The fraction of sp³-hybridized carbons (Fsp3) is 0.722. The highest BCUT2D eigenvalue weighted by Gasteiger charge is 2.39. The molecule has 2 aliphatic carbocycles. The molecule has 1 aliphatic heterocycles. The fourth-order valence-corrected chi connectivity index (χ4v) is 4.01. The number of furan rings is 1. The monoisotopic (exact) mass is 318 g/mol. The Morgan fingerprint density at radius 2 is 2.17 bits per heavy atom. The van der Waals surface area contributed by atoms with Crippen molar-refractivity contribution in [2.24, 2.45) is 0 Å². The third-order valence-corrected chi connectivity index (χ3v) is 5.37. The molecule has 2 heterocycles. The smallest absolute Gasteiger partial charge is 0.237 e. The molecule has 1 amide bonds. The quantitative estimate of drug-likeness (QED) is 0.836. The summed E-state index contributed by atoms with van der Waals surface area (Å²) in [5.74, 6) is 2.04. The van der Waals surface area contributed by atoms with Gasteiger partial charge in [0.05, 0.1) is 25.8 Å². The minimum Gasteiger partial charge on any atom is -0.464 e. The second-order valence-corrected chi connectivity index (χ2v) is 7.14. The van der Waals surface area contributed by atoms with Crippen molar-refractivity contribution in [3.63, 3.8) is 0 Å². The van der Waals surface area contributed by atoms with Gasteiger partial charge in [-0.25, -0.2) is 0 Å². The van der Waals surface area contributed by atoms with Crippen LogP contribution in [-0.2, 0) is 16.1 Å². The Morgan fingerprint density at radius 1 is 1.30 bits per heavy atom. The Balaban J connectivity index is 1.41. The third-order valence-electron chi connectivity index (χ3n) is 5.37. The number of morpholine rings is 1. The first-order valence-electron chi connectivity index (χ1n) is 8.91. The van der Waals surface area contributed by atoms with Gasteiger partial charge in [-0.1, -0.05) is 0 Å². The molecule has 2 atom stereocenters. The van der Waals surface area contributed by atoms with Crippen LogP contribution in [0.3, 0.4) is 0 Å². The van der Waals surface area contributed by atoms with Gasteiger partial charge in [0.2, 0.25) is 5.91 Å². The van der Waals surface area contributed by atoms with E-state index in [1.807, 2.05) is 24.0 Å². The summed E-state index contributed by atoms with van der Waals surface area (Å²) < 4.78 is 11.5. The number of rotatable bonds is 5. The zero-order chi connectivity index (χ0) is 15.8. The van der Waals surface area contributed by atoms with Gasteiger partial charge in [-0.2, -0.15) is 0 Å². The van der Waals surface area contributed by atoms with E-state index in [0.717, 1.165) is 43.9 Å². The van der Waals surface area contributed by atoms with Crippen LogP contribution in [0.15, 0.2) is 16.5 Å². The van der Waals surface area contributed by atoms with Crippen LogP contribution in [0, 0.1) is 6.92 Å². The highest BCUT2D eigenvalue weighted by molar-refractivity contribution is 5.79. The van der Waals surface area contributed by atoms with E-state index >= 15 is 0 Å². The van der Waals surface area contributed by atoms with Crippen molar-refractivity contribution in [3.8, 4) is 0 Å². The Morgan fingerprint density at radius 3 is 2.91 bits per heavy atom. The molecule has 1 saturated heterocycles. The summed E-state index contributed by atoms with van der Waals surface area (Å²) in [7, 11) is 0. The van der Waals surface area contributed by atoms with E-state index < -0.39 is 0 Å². The van der Waals surface area contributed by atoms with E-state index in [0.29, 0.717) is 31.3 Å². The predicted molar refractivity (Wildman–Crippen MR) is 86.0 cm³/mol. The van der Waals surface area contributed by atoms with Crippen molar-refractivity contribution in [2.75, 3.05) is 19.7 Å². The summed E-state index contributed by atoms with van der Waals surface area (Å²) in [4.78, 5) is 17.3. The Hall–Kier alpha value is -1.33. The molecular formula is C18H26N2O3. The van der Waals surface area contributed by atoms with Crippen LogP contribution in [0.5, 0.6) is 0 Å². The summed E-state index contributed by atoms with van der Waals surface area (Å²) in [5, 5.41) is 0. The first-order valence-corrected chi connectivity index (χ1v) is 8.91. The maximum atomic E-state index is 12.9. The third kappa shape index (κ3) is 3.31. The molecule has 1 aromatic heterocycles. The lowest BCUT2D eigenvalue weighted by Gasteiger charge is -2.38. The Kier molecular flexibility index (Phi) is 4.16. The molecule has 5 heteroatoms. The largest absolute Gasteiger partial charge is 0.464 e. The van der Waals surface area contributed by atoms with Gasteiger partial charge in [0.25, 0.3) is 0 Å². The molecule has 0 N–H and O–H groups in total. The van der Waals surface area contributed by atoms with Gasteiger partial charge in [0.1, 0.15) is 11.5 Å². The lowest BCUT2D eigenvalue weighted by molar-refractivity contribution is -0.137. The van der Waals surface area contributed by atoms with Gasteiger partial charge < -0.3 is 14.1 Å². The molecule has 2 saturated carbocycles. The molecule has 0 radical (unpaired) electrons. The van der Waals surface area contributed by atoms with Crippen molar-refractivity contribution in [1.82, 2.24) is 9.80 Å². The number of hydrogen-bond acceptors (Lipinski definition) is 4. The van der Waals surface area contributed by atoms with Crippen molar-refractivity contribution >= 4 is 5.91 Å². The number of amides is 1. The molecule has 5 nitrogen and oxygen atoms in total. The van der Waals surface area contributed by atoms with E-state index in [-0.39, 0.29) is 5.91 Å². The molecule has 0 aromatic carbocycles. The Bertz CT molecular complexity index is 566. The van der Waals surface area contributed by atoms with Gasteiger partial charge in [-0.15, -0.1) is 0 Å². The number of carbonyl (C=O) groups excluding carboxylic acids is 1. The molecule has 0 spiro atoms. The summed E-state index contributed by atoms with van der Waals surface area (Å²) in [6.45, 7) is 4.72. The van der Waals surface area contributed by atoms with E-state index in [9.17, 15) is 4.79 Å². The normalized spacial score (nSPS) is 27.9. The molecule has 3 aliphatic rings. The number of fused-ring (bicyclic) bond motifs is 1.